The number of hydrogen-bond donors (Lipinski definition) is 0. The second-order valence-corrected chi connectivity index (χ2v) is 4.31. The van der Waals surface area contributed by atoms with Crippen LogP contribution in [0.3, 0.4) is 0 Å². The van der Waals surface area contributed by atoms with Gasteiger partial charge in [-0.15, -0.1) is 0 Å². The molecule has 0 unspecified atom stereocenters. The van der Waals surface area contributed by atoms with Crippen molar-refractivity contribution in [1.82, 2.24) is 0 Å². The van der Waals surface area contributed by atoms with Crippen molar-refractivity contribution < 1.29 is 4.79 Å². The number of carbonyl (C=O) groups excluding carboxylic acids is 1. The summed E-state index contributed by atoms with van der Waals surface area (Å²) in [6.07, 6.45) is 5.90. The molecular weight excluding hydrogens is 196 g/mol. The lowest BCUT2D eigenvalue weighted by Crippen LogP contribution is -1.97. The molecule has 1 fully saturated rings. The summed E-state index contributed by atoms with van der Waals surface area (Å²) in [5.74, 6) is 0.576. The molecule has 1 aliphatic rings. The zero-order chi connectivity index (χ0) is 9.97. The summed E-state index contributed by atoms with van der Waals surface area (Å²) in [6.45, 7) is 0. The maximum absolute atomic E-state index is 10.9. The molecule has 0 bridgehead atoms. The van der Waals surface area contributed by atoms with Crippen LogP contribution in [-0.2, 0) is 0 Å². The Hall–Kier alpha value is -0.820. The van der Waals surface area contributed by atoms with Crippen LogP contribution in [0, 0.1) is 0 Å². The van der Waals surface area contributed by atoms with E-state index in [1.807, 2.05) is 12.1 Å². The fourth-order valence-corrected chi connectivity index (χ4v) is 2.44. The van der Waals surface area contributed by atoms with E-state index >= 15 is 0 Å². The number of aldehydes is 1. The maximum atomic E-state index is 10.9. The van der Waals surface area contributed by atoms with E-state index in [1.165, 1.54) is 31.2 Å². The van der Waals surface area contributed by atoms with Crippen molar-refractivity contribution in [1.29, 1.82) is 0 Å². The smallest absolute Gasteiger partial charge is 0.150 e. The van der Waals surface area contributed by atoms with Gasteiger partial charge in [0.2, 0.25) is 0 Å². The van der Waals surface area contributed by atoms with Crippen molar-refractivity contribution in [2.45, 2.75) is 31.6 Å². The van der Waals surface area contributed by atoms with Crippen LogP contribution in [0.4, 0.5) is 0 Å². The fourth-order valence-electron chi connectivity index (χ4n) is 2.26. The number of halogens is 1. The Balaban J connectivity index is 2.35. The summed E-state index contributed by atoms with van der Waals surface area (Å²) in [7, 11) is 0. The van der Waals surface area contributed by atoms with Crippen LogP contribution in [-0.4, -0.2) is 6.29 Å². The molecule has 0 spiro atoms. The Morgan fingerprint density at radius 1 is 1.29 bits per heavy atom. The zero-order valence-electron chi connectivity index (χ0n) is 8.00. The normalized spacial score (nSPS) is 17.2. The molecule has 0 heterocycles. The van der Waals surface area contributed by atoms with Crippen molar-refractivity contribution in [3.8, 4) is 0 Å². The predicted molar refractivity (Wildman–Crippen MR) is 58.0 cm³/mol. The molecule has 2 heteroatoms. The first-order valence-corrected chi connectivity index (χ1v) is 5.43. The van der Waals surface area contributed by atoms with E-state index in [-0.39, 0.29) is 0 Å². The molecule has 1 aromatic carbocycles. The van der Waals surface area contributed by atoms with E-state index in [4.69, 9.17) is 11.6 Å². The summed E-state index contributed by atoms with van der Waals surface area (Å²) >= 11 is 5.84. The number of benzene rings is 1. The molecule has 0 saturated heterocycles. The SMILES string of the molecule is O=Cc1cc(Cl)ccc1C1CCCC1. The van der Waals surface area contributed by atoms with Gasteiger partial charge in [-0.3, -0.25) is 4.79 Å². The molecule has 1 saturated carbocycles. The van der Waals surface area contributed by atoms with Gasteiger partial charge in [-0.05, 0) is 36.5 Å². The van der Waals surface area contributed by atoms with Gasteiger partial charge in [0.25, 0.3) is 0 Å². The highest BCUT2D eigenvalue weighted by atomic mass is 35.5. The lowest BCUT2D eigenvalue weighted by molar-refractivity contribution is 0.112. The molecule has 0 N–H and O–H groups in total. The lowest BCUT2D eigenvalue weighted by Gasteiger charge is -2.11. The summed E-state index contributed by atoms with van der Waals surface area (Å²) in [6, 6.07) is 5.65. The highest BCUT2D eigenvalue weighted by Crippen LogP contribution is 2.36. The third-order valence-electron chi connectivity index (χ3n) is 2.97. The molecule has 0 aliphatic heterocycles. The van der Waals surface area contributed by atoms with Crippen LogP contribution in [0.1, 0.15) is 47.5 Å². The molecule has 0 radical (unpaired) electrons. The van der Waals surface area contributed by atoms with E-state index in [1.54, 1.807) is 6.07 Å². The minimum Gasteiger partial charge on any atom is -0.298 e. The van der Waals surface area contributed by atoms with Gasteiger partial charge in [-0.1, -0.05) is 30.5 Å². The zero-order valence-corrected chi connectivity index (χ0v) is 8.76. The first-order valence-electron chi connectivity index (χ1n) is 5.06. The average molecular weight is 209 g/mol. The van der Waals surface area contributed by atoms with Crippen molar-refractivity contribution in [3.63, 3.8) is 0 Å². The highest BCUT2D eigenvalue weighted by Gasteiger charge is 2.19. The van der Waals surface area contributed by atoms with E-state index in [0.717, 1.165) is 11.8 Å². The van der Waals surface area contributed by atoms with Gasteiger partial charge in [0, 0.05) is 10.6 Å². The molecular formula is C12H13ClO. The van der Waals surface area contributed by atoms with Crippen LogP contribution in [0.25, 0.3) is 0 Å². The average Bonchev–Trinajstić information content (AvgIpc) is 2.70. The molecule has 1 aromatic rings. The van der Waals surface area contributed by atoms with Crippen LogP contribution in [0.2, 0.25) is 5.02 Å². The van der Waals surface area contributed by atoms with Gasteiger partial charge in [0.1, 0.15) is 6.29 Å². The predicted octanol–water partition coefficient (Wildman–Crippen LogP) is 3.81. The first kappa shape index (κ1) is 9.72. The van der Waals surface area contributed by atoms with Crippen molar-refractivity contribution in [3.05, 3.63) is 34.3 Å². The Morgan fingerprint density at radius 2 is 2.00 bits per heavy atom. The summed E-state index contributed by atoms with van der Waals surface area (Å²) < 4.78 is 0. The van der Waals surface area contributed by atoms with Crippen LogP contribution in [0.5, 0.6) is 0 Å². The Labute approximate surface area is 89.1 Å². The first-order chi connectivity index (χ1) is 6.81. The van der Waals surface area contributed by atoms with E-state index < -0.39 is 0 Å². The van der Waals surface area contributed by atoms with E-state index in [0.29, 0.717) is 10.9 Å². The molecule has 2 rings (SSSR count). The number of hydrogen-bond acceptors (Lipinski definition) is 1. The van der Waals surface area contributed by atoms with Gasteiger partial charge in [0.05, 0.1) is 0 Å². The molecule has 0 amide bonds. The summed E-state index contributed by atoms with van der Waals surface area (Å²) in [5, 5.41) is 0.647. The molecule has 14 heavy (non-hydrogen) atoms. The molecule has 74 valence electrons. The largest absolute Gasteiger partial charge is 0.298 e. The Bertz CT molecular complexity index is 340. The van der Waals surface area contributed by atoms with Crippen molar-refractivity contribution in [2.24, 2.45) is 0 Å². The van der Waals surface area contributed by atoms with Crippen LogP contribution < -0.4 is 0 Å². The maximum Gasteiger partial charge on any atom is 0.150 e. The van der Waals surface area contributed by atoms with Gasteiger partial charge >= 0.3 is 0 Å². The minimum atomic E-state index is 0.576. The topological polar surface area (TPSA) is 17.1 Å². The quantitative estimate of drug-likeness (QED) is 0.676. The molecule has 0 atom stereocenters. The van der Waals surface area contributed by atoms with Gasteiger partial charge in [-0.2, -0.15) is 0 Å². The Morgan fingerprint density at radius 3 is 2.64 bits per heavy atom. The monoisotopic (exact) mass is 208 g/mol. The third-order valence-corrected chi connectivity index (χ3v) is 3.21. The van der Waals surface area contributed by atoms with Gasteiger partial charge in [-0.25, -0.2) is 0 Å². The van der Waals surface area contributed by atoms with Crippen molar-refractivity contribution >= 4 is 17.9 Å². The molecule has 1 aliphatic carbocycles. The number of carbonyl (C=O) groups is 1. The second kappa shape index (κ2) is 4.14. The summed E-state index contributed by atoms with van der Waals surface area (Å²) in [5.41, 5.74) is 1.95. The Kier molecular flexibility index (Phi) is 2.87. The summed E-state index contributed by atoms with van der Waals surface area (Å²) in [4.78, 5) is 10.9. The van der Waals surface area contributed by atoms with Gasteiger partial charge in [0.15, 0.2) is 0 Å². The standard InChI is InChI=1S/C12H13ClO/c13-11-5-6-12(10(7-11)8-14)9-3-1-2-4-9/h5-9H,1-4H2. The fraction of sp³-hybridized carbons (Fsp3) is 0.417. The van der Waals surface area contributed by atoms with Crippen LogP contribution >= 0.6 is 11.6 Å². The third kappa shape index (κ3) is 1.83. The van der Waals surface area contributed by atoms with E-state index in [9.17, 15) is 4.79 Å². The number of rotatable bonds is 2. The van der Waals surface area contributed by atoms with E-state index in [2.05, 4.69) is 0 Å². The highest BCUT2D eigenvalue weighted by molar-refractivity contribution is 6.30. The molecule has 1 nitrogen and oxygen atoms in total. The second-order valence-electron chi connectivity index (χ2n) is 3.87. The van der Waals surface area contributed by atoms with Crippen molar-refractivity contribution in [2.75, 3.05) is 0 Å². The minimum absolute atomic E-state index is 0.576. The molecule has 0 aromatic heterocycles. The van der Waals surface area contributed by atoms with Gasteiger partial charge < -0.3 is 0 Å². The lowest BCUT2D eigenvalue weighted by atomic mass is 9.93. The van der Waals surface area contributed by atoms with Crippen LogP contribution in [0.15, 0.2) is 18.2 Å².